The highest BCUT2D eigenvalue weighted by atomic mass is 32.2. The minimum absolute atomic E-state index is 0.123. The summed E-state index contributed by atoms with van der Waals surface area (Å²) in [6.45, 7) is 8.27. The quantitative estimate of drug-likeness (QED) is 0.715. The van der Waals surface area contributed by atoms with E-state index in [-0.39, 0.29) is 17.2 Å². The number of thioether (sulfide) groups is 1. The van der Waals surface area contributed by atoms with Crippen molar-refractivity contribution in [2.75, 3.05) is 17.6 Å². The number of nitrogens with one attached hydrogen (secondary N) is 3. The standard InChI is InChI=1S/C11H19N5O2S2/c1-5-12-9-15-16-10(20-9)19-6-7(17)13-8(18)14-11(2,3)4/h5-6H2,1-4H3,(H,12,15)(H2,13,14,17,18). The number of nitrogens with zero attached hydrogens (tertiary/aromatic N) is 2. The SMILES string of the molecule is CCNc1nnc(SCC(=O)NC(=O)NC(C)(C)C)s1. The Balaban J connectivity index is 2.33. The Bertz CT molecular complexity index is 470. The Labute approximate surface area is 126 Å². The number of aromatic nitrogens is 2. The second-order valence-electron chi connectivity index (χ2n) is 4.94. The molecule has 0 saturated heterocycles. The lowest BCUT2D eigenvalue weighted by atomic mass is 10.1. The van der Waals surface area contributed by atoms with Crippen molar-refractivity contribution in [3.8, 4) is 0 Å². The van der Waals surface area contributed by atoms with Gasteiger partial charge in [-0.05, 0) is 27.7 Å². The van der Waals surface area contributed by atoms with E-state index in [0.29, 0.717) is 4.34 Å². The lowest BCUT2D eigenvalue weighted by molar-refractivity contribution is -0.117. The molecule has 1 aromatic rings. The first-order valence-electron chi connectivity index (χ1n) is 6.12. The second-order valence-corrected chi connectivity index (χ2v) is 7.14. The van der Waals surface area contributed by atoms with Gasteiger partial charge in [0.25, 0.3) is 0 Å². The number of imide groups is 1. The fraction of sp³-hybridized carbons (Fsp3) is 0.636. The van der Waals surface area contributed by atoms with E-state index in [9.17, 15) is 9.59 Å². The molecule has 0 aliphatic carbocycles. The van der Waals surface area contributed by atoms with Gasteiger partial charge in [0.15, 0.2) is 4.34 Å². The van der Waals surface area contributed by atoms with Crippen LogP contribution in [0, 0.1) is 0 Å². The number of amides is 3. The number of carbonyl (C=O) groups is 2. The molecule has 7 nitrogen and oxygen atoms in total. The average molecular weight is 317 g/mol. The molecule has 0 atom stereocenters. The van der Waals surface area contributed by atoms with Crippen LogP contribution in [0.5, 0.6) is 0 Å². The summed E-state index contributed by atoms with van der Waals surface area (Å²) in [5.74, 6) is -0.241. The normalized spacial score (nSPS) is 11.0. The van der Waals surface area contributed by atoms with Crippen LogP contribution in [-0.2, 0) is 4.79 Å². The maximum absolute atomic E-state index is 11.6. The fourth-order valence-electron chi connectivity index (χ4n) is 1.15. The van der Waals surface area contributed by atoms with Gasteiger partial charge in [-0.2, -0.15) is 0 Å². The van der Waals surface area contributed by atoms with Crippen molar-refractivity contribution in [3.05, 3.63) is 0 Å². The Hall–Kier alpha value is -1.35. The number of urea groups is 1. The van der Waals surface area contributed by atoms with Crippen LogP contribution >= 0.6 is 23.1 Å². The van der Waals surface area contributed by atoms with Crippen molar-refractivity contribution in [2.45, 2.75) is 37.6 Å². The highest BCUT2D eigenvalue weighted by molar-refractivity contribution is 8.01. The third kappa shape index (κ3) is 6.71. The first-order valence-corrected chi connectivity index (χ1v) is 7.92. The molecule has 3 amide bonds. The smallest absolute Gasteiger partial charge is 0.321 e. The molecule has 1 heterocycles. The van der Waals surface area contributed by atoms with Crippen molar-refractivity contribution in [1.82, 2.24) is 20.8 Å². The number of hydrogen-bond donors (Lipinski definition) is 3. The van der Waals surface area contributed by atoms with Crippen LogP contribution in [0.3, 0.4) is 0 Å². The molecule has 0 radical (unpaired) electrons. The molecule has 0 spiro atoms. The summed E-state index contributed by atoms with van der Waals surface area (Å²) in [4.78, 5) is 23.1. The summed E-state index contributed by atoms with van der Waals surface area (Å²) in [6.07, 6.45) is 0. The molecule has 0 bridgehead atoms. The maximum atomic E-state index is 11.6. The van der Waals surface area contributed by atoms with Gasteiger partial charge in [0.1, 0.15) is 0 Å². The van der Waals surface area contributed by atoms with Gasteiger partial charge in [-0.15, -0.1) is 10.2 Å². The zero-order valence-corrected chi connectivity index (χ0v) is 13.6. The Morgan fingerprint density at radius 1 is 1.30 bits per heavy atom. The van der Waals surface area contributed by atoms with E-state index in [4.69, 9.17) is 0 Å². The second kappa shape index (κ2) is 7.44. The van der Waals surface area contributed by atoms with Crippen LogP contribution in [0.1, 0.15) is 27.7 Å². The fourth-order valence-corrected chi connectivity index (χ4v) is 2.77. The highest BCUT2D eigenvalue weighted by Crippen LogP contribution is 2.24. The third-order valence-corrected chi connectivity index (χ3v) is 3.82. The molecule has 0 saturated carbocycles. The first-order chi connectivity index (χ1) is 9.30. The summed E-state index contributed by atoms with van der Waals surface area (Å²) >= 11 is 2.63. The zero-order valence-electron chi connectivity index (χ0n) is 11.9. The van der Waals surface area contributed by atoms with Gasteiger partial charge in [-0.1, -0.05) is 23.1 Å². The van der Waals surface area contributed by atoms with Gasteiger partial charge in [0, 0.05) is 12.1 Å². The van der Waals surface area contributed by atoms with E-state index in [1.165, 1.54) is 23.1 Å². The molecule has 112 valence electrons. The van der Waals surface area contributed by atoms with Crippen molar-refractivity contribution < 1.29 is 9.59 Å². The molecule has 1 rings (SSSR count). The number of hydrogen-bond acceptors (Lipinski definition) is 7. The predicted octanol–water partition coefficient (Wildman–Crippen LogP) is 1.69. The molecule has 0 aromatic carbocycles. The molecule has 0 aliphatic heterocycles. The summed E-state index contributed by atoms with van der Waals surface area (Å²) in [5, 5.41) is 16.5. The topological polar surface area (TPSA) is 96.0 Å². The lowest BCUT2D eigenvalue weighted by Crippen LogP contribution is -2.48. The van der Waals surface area contributed by atoms with E-state index in [0.717, 1.165) is 11.7 Å². The summed E-state index contributed by atoms with van der Waals surface area (Å²) in [6, 6.07) is -0.492. The maximum Gasteiger partial charge on any atom is 0.321 e. The van der Waals surface area contributed by atoms with Gasteiger partial charge in [0.05, 0.1) is 5.75 Å². The Morgan fingerprint density at radius 2 is 2.00 bits per heavy atom. The number of anilines is 1. The largest absolute Gasteiger partial charge is 0.360 e. The van der Waals surface area contributed by atoms with E-state index < -0.39 is 6.03 Å². The molecule has 1 aromatic heterocycles. The van der Waals surface area contributed by atoms with E-state index >= 15 is 0 Å². The monoisotopic (exact) mass is 317 g/mol. The molecule has 9 heteroatoms. The molecular formula is C11H19N5O2S2. The van der Waals surface area contributed by atoms with Gasteiger partial charge in [-0.3, -0.25) is 10.1 Å². The van der Waals surface area contributed by atoms with Gasteiger partial charge >= 0.3 is 6.03 Å². The van der Waals surface area contributed by atoms with Crippen LogP contribution in [0.15, 0.2) is 4.34 Å². The first kappa shape index (κ1) is 16.7. The molecule has 3 N–H and O–H groups in total. The van der Waals surface area contributed by atoms with Crippen LogP contribution in [0.4, 0.5) is 9.93 Å². The van der Waals surface area contributed by atoms with Crippen molar-refractivity contribution in [1.29, 1.82) is 0 Å². The van der Waals surface area contributed by atoms with Crippen LogP contribution in [0.25, 0.3) is 0 Å². The molecule has 0 unspecified atom stereocenters. The van der Waals surface area contributed by atoms with Crippen molar-refractivity contribution >= 4 is 40.2 Å². The Kier molecular flexibility index (Phi) is 6.21. The predicted molar refractivity (Wildman–Crippen MR) is 81.2 cm³/mol. The van der Waals surface area contributed by atoms with E-state index in [1.54, 1.807) is 0 Å². The van der Waals surface area contributed by atoms with Crippen LogP contribution < -0.4 is 16.0 Å². The Morgan fingerprint density at radius 3 is 2.60 bits per heavy atom. The van der Waals surface area contributed by atoms with Crippen molar-refractivity contribution in [3.63, 3.8) is 0 Å². The average Bonchev–Trinajstić information content (AvgIpc) is 2.72. The minimum atomic E-state index is -0.492. The van der Waals surface area contributed by atoms with Gasteiger partial charge in [0.2, 0.25) is 11.0 Å². The minimum Gasteiger partial charge on any atom is -0.360 e. The zero-order chi connectivity index (χ0) is 15.2. The van der Waals surface area contributed by atoms with Gasteiger partial charge in [-0.25, -0.2) is 4.79 Å². The molecule has 0 aliphatic rings. The molecular weight excluding hydrogens is 298 g/mol. The highest BCUT2D eigenvalue weighted by Gasteiger charge is 2.16. The summed E-state index contributed by atoms with van der Waals surface area (Å²) < 4.78 is 0.687. The van der Waals surface area contributed by atoms with E-state index in [1.807, 2.05) is 27.7 Å². The van der Waals surface area contributed by atoms with Crippen LogP contribution in [0.2, 0.25) is 0 Å². The lowest BCUT2D eigenvalue weighted by Gasteiger charge is -2.20. The van der Waals surface area contributed by atoms with Crippen molar-refractivity contribution in [2.24, 2.45) is 0 Å². The van der Waals surface area contributed by atoms with E-state index in [2.05, 4.69) is 26.1 Å². The third-order valence-electron chi connectivity index (χ3n) is 1.80. The summed E-state index contributed by atoms with van der Waals surface area (Å²) in [7, 11) is 0. The molecule has 0 fully saturated rings. The molecule has 20 heavy (non-hydrogen) atoms. The summed E-state index contributed by atoms with van der Waals surface area (Å²) in [5.41, 5.74) is -0.378. The number of rotatable bonds is 5. The van der Waals surface area contributed by atoms with Crippen LogP contribution in [-0.4, -0.2) is 40.0 Å². The van der Waals surface area contributed by atoms with Gasteiger partial charge < -0.3 is 10.6 Å². The number of carbonyl (C=O) groups excluding carboxylic acids is 2.